The molecule has 0 aliphatic rings. The molecule has 30 heavy (non-hydrogen) atoms. The highest BCUT2D eigenvalue weighted by molar-refractivity contribution is 7.98. The molecule has 160 valence electrons. The van der Waals surface area contributed by atoms with Gasteiger partial charge in [-0.15, -0.1) is 0 Å². The maximum atomic E-state index is 12.5. The van der Waals surface area contributed by atoms with E-state index in [4.69, 9.17) is 0 Å². The molecule has 0 aliphatic heterocycles. The molecule has 1 aromatic carbocycles. The lowest BCUT2D eigenvalue weighted by Crippen LogP contribution is -2.27. The van der Waals surface area contributed by atoms with Crippen LogP contribution in [0.25, 0.3) is 11.0 Å². The number of rotatable bonds is 9. The largest absolute Gasteiger partial charge is 0.378 e. The third kappa shape index (κ3) is 5.21. The molecule has 0 spiro atoms. The topological polar surface area (TPSA) is 88.0 Å². The third-order valence-corrected chi connectivity index (χ3v) is 5.12. The molecule has 0 saturated carbocycles. The lowest BCUT2D eigenvalue weighted by molar-refractivity contribution is 0.0952. The monoisotopic (exact) mass is 427 g/mol. The molecule has 0 radical (unpaired) electrons. The molecule has 0 unspecified atom stereocenters. The molecule has 0 saturated heterocycles. The second-order valence-electron chi connectivity index (χ2n) is 7.64. The van der Waals surface area contributed by atoms with Crippen molar-refractivity contribution in [3.63, 3.8) is 0 Å². The summed E-state index contributed by atoms with van der Waals surface area (Å²) in [5.74, 6) is 1.20. The number of carbonyl (C=O) groups excluding carboxylic acids is 1. The Hall–Kier alpha value is -2.81. The van der Waals surface area contributed by atoms with Crippen molar-refractivity contribution in [3.8, 4) is 0 Å². The van der Waals surface area contributed by atoms with Gasteiger partial charge in [0, 0.05) is 38.4 Å². The second-order valence-corrected chi connectivity index (χ2v) is 8.41. The van der Waals surface area contributed by atoms with Crippen molar-refractivity contribution in [2.75, 3.05) is 43.7 Å². The number of thioether (sulfide) groups is 1. The van der Waals surface area contributed by atoms with E-state index in [1.54, 1.807) is 6.20 Å². The summed E-state index contributed by atoms with van der Waals surface area (Å²) < 4.78 is 1.81. The number of aromatic nitrogens is 4. The first-order valence-corrected chi connectivity index (χ1v) is 11.2. The molecule has 2 aromatic heterocycles. The van der Waals surface area contributed by atoms with Gasteiger partial charge < -0.3 is 15.5 Å². The molecule has 3 aromatic rings. The quantitative estimate of drug-likeness (QED) is 0.401. The van der Waals surface area contributed by atoms with Gasteiger partial charge in [-0.2, -0.15) is 5.10 Å². The Labute approximate surface area is 181 Å². The predicted octanol–water partition coefficient (Wildman–Crippen LogP) is 3.11. The summed E-state index contributed by atoms with van der Waals surface area (Å²) in [5.41, 5.74) is 2.39. The lowest BCUT2D eigenvalue weighted by atomic mass is 10.2. The Bertz CT molecular complexity index is 1020. The number of hydrogen-bond acceptors (Lipinski definition) is 7. The smallest absolute Gasteiger partial charge is 0.251 e. The van der Waals surface area contributed by atoms with E-state index in [1.807, 2.05) is 54.2 Å². The van der Waals surface area contributed by atoms with Crippen molar-refractivity contribution >= 4 is 40.2 Å². The molecule has 0 atom stereocenters. The van der Waals surface area contributed by atoms with Crippen molar-refractivity contribution in [3.05, 3.63) is 36.0 Å². The van der Waals surface area contributed by atoms with E-state index in [1.165, 1.54) is 11.8 Å². The first-order chi connectivity index (χ1) is 14.4. The fourth-order valence-corrected chi connectivity index (χ4v) is 3.29. The number of amides is 1. The predicted molar refractivity (Wildman–Crippen MR) is 124 cm³/mol. The number of nitrogens with zero attached hydrogens (tertiary/aromatic N) is 5. The normalized spacial score (nSPS) is 11.1. The van der Waals surface area contributed by atoms with E-state index >= 15 is 0 Å². The van der Waals surface area contributed by atoms with Crippen LogP contribution >= 0.6 is 11.8 Å². The molecule has 1 amide bonds. The minimum Gasteiger partial charge on any atom is -0.378 e. The van der Waals surface area contributed by atoms with Crippen LogP contribution in [0.15, 0.2) is 35.6 Å². The van der Waals surface area contributed by atoms with E-state index in [-0.39, 0.29) is 5.91 Å². The highest BCUT2D eigenvalue weighted by atomic mass is 32.2. The van der Waals surface area contributed by atoms with E-state index in [0.717, 1.165) is 29.1 Å². The van der Waals surface area contributed by atoms with E-state index in [2.05, 4.69) is 39.5 Å². The Kier molecular flexibility index (Phi) is 7.15. The first-order valence-electron chi connectivity index (χ1n) is 9.96. The highest BCUT2D eigenvalue weighted by Crippen LogP contribution is 2.23. The fraction of sp³-hybridized carbons (Fsp3) is 0.429. The zero-order valence-corrected chi connectivity index (χ0v) is 19.0. The molecule has 0 aliphatic carbocycles. The van der Waals surface area contributed by atoms with Crippen LogP contribution in [0.5, 0.6) is 0 Å². The lowest BCUT2D eigenvalue weighted by Gasteiger charge is -2.13. The van der Waals surface area contributed by atoms with Crippen molar-refractivity contribution in [1.29, 1.82) is 0 Å². The Morgan fingerprint density at radius 2 is 2.07 bits per heavy atom. The van der Waals surface area contributed by atoms with Crippen LogP contribution in [0, 0.1) is 5.92 Å². The van der Waals surface area contributed by atoms with Crippen LogP contribution in [-0.2, 0) is 6.54 Å². The molecule has 0 bridgehead atoms. The minimum absolute atomic E-state index is 0.103. The maximum Gasteiger partial charge on any atom is 0.251 e. The van der Waals surface area contributed by atoms with Gasteiger partial charge >= 0.3 is 0 Å². The van der Waals surface area contributed by atoms with Crippen LogP contribution in [0.1, 0.15) is 24.2 Å². The van der Waals surface area contributed by atoms with Crippen molar-refractivity contribution < 1.29 is 4.79 Å². The summed E-state index contributed by atoms with van der Waals surface area (Å²) in [4.78, 5) is 23.7. The molecule has 9 heteroatoms. The van der Waals surface area contributed by atoms with Crippen molar-refractivity contribution in [2.24, 2.45) is 5.92 Å². The van der Waals surface area contributed by atoms with Gasteiger partial charge in [0.1, 0.15) is 5.82 Å². The minimum atomic E-state index is -0.103. The average Bonchev–Trinajstić information content (AvgIpc) is 3.14. The first kappa shape index (κ1) is 21.9. The number of carbonyl (C=O) groups is 1. The zero-order valence-electron chi connectivity index (χ0n) is 18.1. The van der Waals surface area contributed by atoms with Gasteiger partial charge in [0.25, 0.3) is 5.91 Å². The Morgan fingerprint density at radius 3 is 2.77 bits per heavy atom. The van der Waals surface area contributed by atoms with E-state index < -0.39 is 0 Å². The molecule has 2 N–H and O–H groups in total. The van der Waals surface area contributed by atoms with Crippen LogP contribution in [0.4, 0.5) is 11.5 Å². The van der Waals surface area contributed by atoms with Gasteiger partial charge in [-0.1, -0.05) is 31.7 Å². The zero-order chi connectivity index (χ0) is 21.7. The van der Waals surface area contributed by atoms with Gasteiger partial charge in [-0.05, 0) is 30.4 Å². The van der Waals surface area contributed by atoms with E-state index in [0.29, 0.717) is 29.7 Å². The van der Waals surface area contributed by atoms with Gasteiger partial charge in [0.2, 0.25) is 0 Å². The summed E-state index contributed by atoms with van der Waals surface area (Å²) in [5, 5.41) is 12.4. The molecular weight excluding hydrogens is 398 g/mol. The molecule has 0 fully saturated rings. The number of hydrogen-bond donors (Lipinski definition) is 2. The highest BCUT2D eigenvalue weighted by Gasteiger charge is 2.13. The average molecular weight is 428 g/mol. The number of benzene rings is 1. The van der Waals surface area contributed by atoms with Crippen LogP contribution in [0.2, 0.25) is 0 Å². The second kappa shape index (κ2) is 9.80. The fourth-order valence-electron chi connectivity index (χ4n) is 2.93. The van der Waals surface area contributed by atoms with Gasteiger partial charge in [0.15, 0.2) is 10.8 Å². The van der Waals surface area contributed by atoms with Gasteiger partial charge in [0.05, 0.1) is 18.1 Å². The van der Waals surface area contributed by atoms with Crippen LogP contribution in [0.3, 0.4) is 0 Å². The van der Waals surface area contributed by atoms with Crippen LogP contribution in [-0.4, -0.2) is 59.1 Å². The summed E-state index contributed by atoms with van der Waals surface area (Å²) in [6.07, 6.45) is 3.74. The Morgan fingerprint density at radius 1 is 1.27 bits per heavy atom. The SMILES string of the molecule is CSc1nc(NCC(C)C)c2cnn(CCNC(=O)c3cccc(N(C)C)c3)c2n1. The Balaban J connectivity index is 1.71. The summed E-state index contributed by atoms with van der Waals surface area (Å²) >= 11 is 1.50. The van der Waals surface area contributed by atoms with Gasteiger partial charge in [-0.3, -0.25) is 4.79 Å². The number of nitrogens with one attached hydrogen (secondary N) is 2. The van der Waals surface area contributed by atoms with Gasteiger partial charge in [-0.25, -0.2) is 14.6 Å². The summed E-state index contributed by atoms with van der Waals surface area (Å²) in [6.45, 7) is 6.11. The number of anilines is 2. The summed E-state index contributed by atoms with van der Waals surface area (Å²) in [6, 6.07) is 7.55. The molecule has 2 heterocycles. The summed E-state index contributed by atoms with van der Waals surface area (Å²) in [7, 11) is 3.91. The molecule has 8 nitrogen and oxygen atoms in total. The standard InChI is InChI=1S/C21H29N7OS/c1-14(2)12-23-18-17-13-24-28(19(17)26-21(25-18)30-5)10-9-22-20(29)15-7-6-8-16(11-15)27(3)4/h6-8,11,13-14H,9-10,12H2,1-5H3,(H,22,29)(H,23,25,26). The maximum absolute atomic E-state index is 12.5. The third-order valence-electron chi connectivity index (χ3n) is 4.57. The van der Waals surface area contributed by atoms with Crippen molar-refractivity contribution in [2.45, 2.75) is 25.5 Å². The number of fused-ring (bicyclic) bond motifs is 1. The molecular formula is C21H29N7OS. The van der Waals surface area contributed by atoms with E-state index in [9.17, 15) is 4.79 Å². The van der Waals surface area contributed by atoms with Crippen LogP contribution < -0.4 is 15.5 Å². The van der Waals surface area contributed by atoms with Crippen molar-refractivity contribution in [1.82, 2.24) is 25.1 Å². The molecule has 3 rings (SSSR count).